The lowest BCUT2D eigenvalue weighted by Crippen LogP contribution is -1.95. The number of aliphatic hydroxyl groups excluding tert-OH is 1. The number of aliphatic hydroxyl groups is 1. The van der Waals surface area contributed by atoms with Gasteiger partial charge in [0.15, 0.2) is 6.79 Å². The van der Waals surface area contributed by atoms with Gasteiger partial charge in [-0.2, -0.15) is 0 Å². The highest BCUT2D eigenvalue weighted by Gasteiger charge is 1.97. The Morgan fingerprint density at radius 3 is 2.82 bits per heavy atom. The zero-order chi connectivity index (χ0) is 8.27. The predicted molar refractivity (Wildman–Crippen MR) is 43.9 cm³/mol. The van der Waals surface area contributed by atoms with Crippen molar-refractivity contribution in [2.24, 2.45) is 0 Å². The van der Waals surface area contributed by atoms with E-state index in [4.69, 9.17) is 21.4 Å². The van der Waals surface area contributed by atoms with Crippen molar-refractivity contribution in [3.05, 3.63) is 28.8 Å². The van der Waals surface area contributed by atoms with Gasteiger partial charge in [-0.1, -0.05) is 11.6 Å². The lowest BCUT2D eigenvalue weighted by atomic mass is 10.2. The van der Waals surface area contributed by atoms with Gasteiger partial charge in [-0.25, -0.2) is 0 Å². The minimum atomic E-state index is -0.303. The second-order valence-corrected chi connectivity index (χ2v) is 2.62. The summed E-state index contributed by atoms with van der Waals surface area (Å²) >= 11 is 5.70. The molecule has 0 saturated carbocycles. The van der Waals surface area contributed by atoms with Gasteiger partial charge < -0.3 is 9.84 Å². The van der Waals surface area contributed by atoms with Crippen LogP contribution < -0.4 is 4.74 Å². The molecular formula is C8H9ClO2. The molecule has 0 fully saturated rings. The van der Waals surface area contributed by atoms with E-state index in [1.165, 1.54) is 0 Å². The van der Waals surface area contributed by atoms with Crippen molar-refractivity contribution in [3.8, 4) is 5.75 Å². The molecule has 60 valence electrons. The molecule has 0 aliphatic rings. The summed E-state index contributed by atoms with van der Waals surface area (Å²) in [6.45, 7) is 1.57. The van der Waals surface area contributed by atoms with E-state index >= 15 is 0 Å². The van der Waals surface area contributed by atoms with Gasteiger partial charge in [0.05, 0.1) is 0 Å². The summed E-state index contributed by atoms with van der Waals surface area (Å²) in [7, 11) is 0. The summed E-state index contributed by atoms with van der Waals surface area (Å²) in [4.78, 5) is 0. The Bertz CT molecular complexity index is 248. The third-order valence-electron chi connectivity index (χ3n) is 1.36. The van der Waals surface area contributed by atoms with Gasteiger partial charge in [-0.15, -0.1) is 0 Å². The predicted octanol–water partition coefficient (Wildman–Crippen LogP) is 1.98. The molecule has 1 aromatic carbocycles. The van der Waals surface area contributed by atoms with E-state index in [0.29, 0.717) is 10.8 Å². The van der Waals surface area contributed by atoms with E-state index < -0.39 is 0 Å². The van der Waals surface area contributed by atoms with Gasteiger partial charge in [-0.3, -0.25) is 0 Å². The molecule has 1 N–H and O–H groups in total. The summed E-state index contributed by atoms with van der Waals surface area (Å²) in [5.74, 6) is 0.664. The first-order valence-corrected chi connectivity index (χ1v) is 3.61. The monoisotopic (exact) mass is 172 g/mol. The topological polar surface area (TPSA) is 29.5 Å². The molecule has 0 saturated heterocycles. The highest BCUT2D eigenvalue weighted by Crippen LogP contribution is 2.21. The SMILES string of the molecule is Cc1cc(Cl)ccc1OCO. The third-order valence-corrected chi connectivity index (χ3v) is 1.59. The Morgan fingerprint density at radius 2 is 2.27 bits per heavy atom. The fraction of sp³-hybridized carbons (Fsp3) is 0.250. The standard InChI is InChI=1S/C8H9ClO2/c1-6-4-7(9)2-3-8(6)11-5-10/h2-4,10H,5H2,1H3. The maximum Gasteiger partial charge on any atom is 0.186 e. The number of hydrogen-bond acceptors (Lipinski definition) is 2. The Labute approximate surface area is 70.4 Å². The van der Waals surface area contributed by atoms with Crippen molar-refractivity contribution in [3.63, 3.8) is 0 Å². The fourth-order valence-electron chi connectivity index (χ4n) is 0.844. The van der Waals surface area contributed by atoms with Gasteiger partial charge in [0.25, 0.3) is 0 Å². The van der Waals surface area contributed by atoms with Gasteiger partial charge in [0, 0.05) is 5.02 Å². The van der Waals surface area contributed by atoms with Crippen LogP contribution in [0.5, 0.6) is 5.75 Å². The first kappa shape index (κ1) is 8.37. The zero-order valence-electron chi connectivity index (χ0n) is 6.17. The number of ether oxygens (including phenoxy) is 1. The second-order valence-electron chi connectivity index (χ2n) is 2.18. The second kappa shape index (κ2) is 3.60. The van der Waals surface area contributed by atoms with Crippen molar-refractivity contribution < 1.29 is 9.84 Å². The van der Waals surface area contributed by atoms with Crippen molar-refractivity contribution in [1.29, 1.82) is 0 Å². The lowest BCUT2D eigenvalue weighted by Gasteiger charge is -2.05. The molecule has 0 bridgehead atoms. The highest BCUT2D eigenvalue weighted by molar-refractivity contribution is 6.30. The van der Waals surface area contributed by atoms with Gasteiger partial charge in [0.2, 0.25) is 0 Å². The molecule has 1 rings (SSSR count). The van der Waals surface area contributed by atoms with Crippen molar-refractivity contribution >= 4 is 11.6 Å². The van der Waals surface area contributed by atoms with E-state index in [0.717, 1.165) is 5.56 Å². The van der Waals surface area contributed by atoms with Gasteiger partial charge in [0.1, 0.15) is 5.75 Å². The molecule has 0 spiro atoms. The molecule has 0 aliphatic heterocycles. The number of aryl methyl sites for hydroxylation is 1. The van der Waals surface area contributed by atoms with E-state index in [-0.39, 0.29) is 6.79 Å². The minimum absolute atomic E-state index is 0.303. The van der Waals surface area contributed by atoms with Crippen molar-refractivity contribution in [2.45, 2.75) is 6.92 Å². The van der Waals surface area contributed by atoms with Crippen LogP contribution in [0.2, 0.25) is 5.02 Å². The Hall–Kier alpha value is -0.730. The Morgan fingerprint density at radius 1 is 1.55 bits per heavy atom. The van der Waals surface area contributed by atoms with Crippen LogP contribution in [-0.2, 0) is 0 Å². The maximum absolute atomic E-state index is 8.46. The first-order valence-electron chi connectivity index (χ1n) is 3.24. The molecule has 0 atom stereocenters. The molecule has 1 aromatic rings. The van der Waals surface area contributed by atoms with Crippen LogP contribution in [0.4, 0.5) is 0 Å². The van der Waals surface area contributed by atoms with Gasteiger partial charge >= 0.3 is 0 Å². The van der Waals surface area contributed by atoms with Crippen LogP contribution in [0, 0.1) is 6.92 Å². The quantitative estimate of drug-likeness (QED) is 0.692. The highest BCUT2D eigenvalue weighted by atomic mass is 35.5. The van der Waals surface area contributed by atoms with E-state index in [2.05, 4.69) is 0 Å². The smallest absolute Gasteiger partial charge is 0.186 e. The van der Waals surface area contributed by atoms with Crippen LogP contribution in [-0.4, -0.2) is 11.9 Å². The molecular weight excluding hydrogens is 164 g/mol. The summed E-state index contributed by atoms with van der Waals surface area (Å²) in [6, 6.07) is 5.24. The summed E-state index contributed by atoms with van der Waals surface area (Å²) in [5.41, 5.74) is 0.923. The number of halogens is 1. The van der Waals surface area contributed by atoms with E-state index in [9.17, 15) is 0 Å². The Kier molecular flexibility index (Phi) is 2.74. The molecule has 0 aromatic heterocycles. The maximum atomic E-state index is 8.46. The first-order chi connectivity index (χ1) is 5.24. The van der Waals surface area contributed by atoms with Gasteiger partial charge in [-0.05, 0) is 30.7 Å². The molecule has 0 heterocycles. The lowest BCUT2D eigenvalue weighted by molar-refractivity contribution is 0.0978. The number of rotatable bonds is 2. The van der Waals surface area contributed by atoms with Crippen LogP contribution in [0.25, 0.3) is 0 Å². The van der Waals surface area contributed by atoms with Crippen LogP contribution >= 0.6 is 11.6 Å². The number of benzene rings is 1. The van der Waals surface area contributed by atoms with Crippen molar-refractivity contribution in [1.82, 2.24) is 0 Å². The molecule has 0 aliphatic carbocycles. The minimum Gasteiger partial charge on any atom is -0.467 e. The molecule has 0 radical (unpaired) electrons. The molecule has 11 heavy (non-hydrogen) atoms. The summed E-state index contributed by atoms with van der Waals surface area (Å²) in [6.07, 6.45) is 0. The fourth-order valence-corrected chi connectivity index (χ4v) is 1.07. The molecule has 0 amide bonds. The average molecular weight is 173 g/mol. The number of hydrogen-bond donors (Lipinski definition) is 1. The Balaban J connectivity index is 2.90. The van der Waals surface area contributed by atoms with Crippen LogP contribution in [0.15, 0.2) is 18.2 Å². The largest absolute Gasteiger partial charge is 0.467 e. The van der Waals surface area contributed by atoms with E-state index in [1.807, 2.05) is 6.92 Å². The average Bonchev–Trinajstić information content (AvgIpc) is 1.95. The normalized spacial score (nSPS) is 9.73. The van der Waals surface area contributed by atoms with Crippen molar-refractivity contribution in [2.75, 3.05) is 6.79 Å². The third kappa shape index (κ3) is 2.10. The zero-order valence-corrected chi connectivity index (χ0v) is 6.93. The molecule has 3 heteroatoms. The van der Waals surface area contributed by atoms with Crippen LogP contribution in [0.1, 0.15) is 5.56 Å². The molecule has 0 unspecified atom stereocenters. The van der Waals surface area contributed by atoms with Crippen LogP contribution in [0.3, 0.4) is 0 Å². The van der Waals surface area contributed by atoms with E-state index in [1.54, 1.807) is 18.2 Å². The summed E-state index contributed by atoms with van der Waals surface area (Å²) < 4.78 is 4.89. The summed E-state index contributed by atoms with van der Waals surface area (Å²) in [5, 5.41) is 9.13. The molecule has 2 nitrogen and oxygen atoms in total.